The molecule has 0 amide bonds. The third kappa shape index (κ3) is 1.37. The first-order valence-electron chi connectivity index (χ1n) is 4.31. The van der Waals surface area contributed by atoms with Gasteiger partial charge in [0, 0.05) is 10.9 Å². The maximum Gasteiger partial charge on any atom is 0.0336 e. The van der Waals surface area contributed by atoms with Crippen molar-refractivity contribution in [2.24, 2.45) is 0 Å². The second-order valence-electron chi connectivity index (χ2n) is 3.02. The van der Waals surface area contributed by atoms with Gasteiger partial charge in [-0.25, -0.2) is 0 Å². The minimum Gasteiger partial charge on any atom is -0.313 e. The molecule has 0 radical (unpaired) electrons. The maximum atomic E-state index is 3.35. The molecule has 0 saturated carbocycles. The predicted molar refractivity (Wildman–Crippen MR) is 53.6 cm³/mol. The Morgan fingerprint density at radius 2 is 2.25 bits per heavy atom. The standard InChI is InChI=1S/C10H13NS/c1-11-9-6-7-12-10-5-3-2-4-8(9)10/h2-5,9,11H,6-7H2,1H3/t9-/m1/s1. The summed E-state index contributed by atoms with van der Waals surface area (Å²) in [6, 6.07) is 9.24. The molecule has 1 aliphatic rings. The van der Waals surface area contributed by atoms with Gasteiger partial charge in [0.15, 0.2) is 0 Å². The van der Waals surface area contributed by atoms with E-state index in [1.54, 1.807) is 0 Å². The average Bonchev–Trinajstić information content (AvgIpc) is 2.17. The summed E-state index contributed by atoms with van der Waals surface area (Å²) in [6.45, 7) is 0. The molecule has 1 atom stereocenters. The van der Waals surface area contributed by atoms with Gasteiger partial charge in [-0.15, -0.1) is 11.8 Å². The number of rotatable bonds is 1. The Labute approximate surface area is 77.6 Å². The Morgan fingerprint density at radius 1 is 1.42 bits per heavy atom. The number of hydrogen-bond acceptors (Lipinski definition) is 2. The van der Waals surface area contributed by atoms with Crippen molar-refractivity contribution in [3.05, 3.63) is 29.8 Å². The van der Waals surface area contributed by atoms with Gasteiger partial charge in [-0.05, 0) is 30.9 Å². The highest BCUT2D eigenvalue weighted by Gasteiger charge is 2.17. The Morgan fingerprint density at radius 3 is 3.08 bits per heavy atom. The van der Waals surface area contributed by atoms with Gasteiger partial charge in [0.2, 0.25) is 0 Å². The largest absolute Gasteiger partial charge is 0.313 e. The van der Waals surface area contributed by atoms with E-state index in [4.69, 9.17) is 0 Å². The quantitative estimate of drug-likeness (QED) is 0.710. The first-order chi connectivity index (χ1) is 5.92. The molecule has 1 aliphatic heterocycles. The molecule has 2 rings (SSSR count). The fraction of sp³-hybridized carbons (Fsp3) is 0.400. The average molecular weight is 179 g/mol. The summed E-state index contributed by atoms with van der Waals surface area (Å²) in [5.74, 6) is 1.24. The summed E-state index contributed by atoms with van der Waals surface area (Å²) in [5, 5.41) is 3.35. The zero-order valence-electron chi connectivity index (χ0n) is 7.21. The lowest BCUT2D eigenvalue weighted by Gasteiger charge is -2.24. The van der Waals surface area contributed by atoms with Crippen LogP contribution in [0.3, 0.4) is 0 Å². The van der Waals surface area contributed by atoms with Crippen LogP contribution in [0, 0.1) is 0 Å². The van der Waals surface area contributed by atoms with Crippen molar-refractivity contribution in [1.29, 1.82) is 0 Å². The van der Waals surface area contributed by atoms with E-state index in [2.05, 4.69) is 29.6 Å². The van der Waals surface area contributed by atoms with E-state index in [9.17, 15) is 0 Å². The number of fused-ring (bicyclic) bond motifs is 1. The Balaban J connectivity index is 2.37. The summed E-state index contributed by atoms with van der Waals surface area (Å²) in [5.41, 5.74) is 1.47. The fourth-order valence-corrected chi connectivity index (χ4v) is 2.77. The van der Waals surface area contributed by atoms with Crippen LogP contribution in [0.2, 0.25) is 0 Å². The van der Waals surface area contributed by atoms with Crippen molar-refractivity contribution in [3.63, 3.8) is 0 Å². The highest BCUT2D eigenvalue weighted by molar-refractivity contribution is 7.99. The molecule has 12 heavy (non-hydrogen) atoms. The summed E-state index contributed by atoms with van der Waals surface area (Å²) in [4.78, 5) is 1.45. The lowest BCUT2D eigenvalue weighted by atomic mass is 10.0. The number of thioether (sulfide) groups is 1. The van der Waals surface area contributed by atoms with Crippen LogP contribution in [-0.4, -0.2) is 12.8 Å². The molecule has 2 heteroatoms. The molecular weight excluding hydrogens is 166 g/mol. The monoisotopic (exact) mass is 179 g/mol. The van der Waals surface area contributed by atoms with E-state index in [1.165, 1.54) is 22.6 Å². The van der Waals surface area contributed by atoms with Gasteiger partial charge in [-0.3, -0.25) is 0 Å². The molecule has 1 N–H and O–H groups in total. The van der Waals surface area contributed by atoms with Crippen LogP contribution in [0.15, 0.2) is 29.2 Å². The maximum absolute atomic E-state index is 3.35. The zero-order chi connectivity index (χ0) is 8.39. The predicted octanol–water partition coefficient (Wildman–Crippen LogP) is 2.44. The fourth-order valence-electron chi connectivity index (χ4n) is 1.64. The van der Waals surface area contributed by atoms with Crippen LogP contribution in [0.25, 0.3) is 0 Å². The second kappa shape index (κ2) is 3.50. The van der Waals surface area contributed by atoms with E-state index in [0.717, 1.165) is 0 Å². The van der Waals surface area contributed by atoms with E-state index in [1.807, 2.05) is 18.8 Å². The normalized spacial score (nSPS) is 21.9. The Bertz CT molecular complexity index is 272. The van der Waals surface area contributed by atoms with Gasteiger partial charge < -0.3 is 5.32 Å². The highest BCUT2D eigenvalue weighted by atomic mass is 32.2. The van der Waals surface area contributed by atoms with E-state index >= 15 is 0 Å². The van der Waals surface area contributed by atoms with Crippen LogP contribution in [0.4, 0.5) is 0 Å². The molecule has 1 aromatic carbocycles. The summed E-state index contributed by atoms with van der Waals surface area (Å²) in [6.07, 6.45) is 1.25. The molecule has 0 aliphatic carbocycles. The van der Waals surface area contributed by atoms with Gasteiger partial charge >= 0.3 is 0 Å². The molecular formula is C10H13NS. The van der Waals surface area contributed by atoms with Crippen LogP contribution in [0.5, 0.6) is 0 Å². The van der Waals surface area contributed by atoms with Crippen molar-refractivity contribution in [3.8, 4) is 0 Å². The van der Waals surface area contributed by atoms with Gasteiger partial charge in [-0.2, -0.15) is 0 Å². The summed E-state index contributed by atoms with van der Waals surface area (Å²) >= 11 is 1.97. The molecule has 0 spiro atoms. The van der Waals surface area contributed by atoms with Gasteiger partial charge in [0.25, 0.3) is 0 Å². The molecule has 1 heterocycles. The van der Waals surface area contributed by atoms with Gasteiger partial charge in [0.05, 0.1) is 0 Å². The number of benzene rings is 1. The topological polar surface area (TPSA) is 12.0 Å². The van der Waals surface area contributed by atoms with Gasteiger partial charge in [-0.1, -0.05) is 18.2 Å². The van der Waals surface area contributed by atoms with Crippen molar-refractivity contribution >= 4 is 11.8 Å². The van der Waals surface area contributed by atoms with E-state index in [0.29, 0.717) is 6.04 Å². The van der Waals surface area contributed by atoms with Crippen LogP contribution in [-0.2, 0) is 0 Å². The smallest absolute Gasteiger partial charge is 0.0336 e. The number of nitrogens with one attached hydrogen (secondary N) is 1. The SMILES string of the molecule is CN[C@@H]1CCSc2ccccc21. The lowest BCUT2D eigenvalue weighted by molar-refractivity contribution is 0.565. The van der Waals surface area contributed by atoms with Gasteiger partial charge in [0.1, 0.15) is 0 Å². The van der Waals surface area contributed by atoms with Crippen molar-refractivity contribution in [2.45, 2.75) is 17.4 Å². The summed E-state index contributed by atoms with van der Waals surface area (Å²) < 4.78 is 0. The molecule has 0 bridgehead atoms. The second-order valence-corrected chi connectivity index (χ2v) is 4.15. The Kier molecular flexibility index (Phi) is 2.38. The molecule has 0 fully saturated rings. The molecule has 0 unspecified atom stereocenters. The van der Waals surface area contributed by atoms with Crippen molar-refractivity contribution < 1.29 is 0 Å². The molecule has 0 saturated heterocycles. The molecule has 64 valence electrons. The van der Waals surface area contributed by atoms with Crippen LogP contribution in [0.1, 0.15) is 18.0 Å². The van der Waals surface area contributed by atoms with Crippen LogP contribution < -0.4 is 5.32 Å². The van der Waals surface area contributed by atoms with Crippen molar-refractivity contribution in [2.75, 3.05) is 12.8 Å². The van der Waals surface area contributed by atoms with E-state index in [-0.39, 0.29) is 0 Å². The van der Waals surface area contributed by atoms with Crippen LogP contribution >= 0.6 is 11.8 Å². The van der Waals surface area contributed by atoms with Crippen molar-refractivity contribution in [1.82, 2.24) is 5.32 Å². The highest BCUT2D eigenvalue weighted by Crippen LogP contribution is 2.35. The minimum atomic E-state index is 0.572. The lowest BCUT2D eigenvalue weighted by Crippen LogP contribution is -2.20. The first kappa shape index (κ1) is 8.14. The zero-order valence-corrected chi connectivity index (χ0v) is 8.03. The molecule has 1 nitrogen and oxygen atoms in total. The molecule has 1 aromatic rings. The summed E-state index contributed by atoms with van der Waals surface area (Å²) in [7, 11) is 2.04. The number of hydrogen-bond donors (Lipinski definition) is 1. The third-order valence-corrected chi connectivity index (χ3v) is 3.43. The Hall–Kier alpha value is -0.470. The van der Waals surface area contributed by atoms with E-state index < -0.39 is 0 Å². The first-order valence-corrected chi connectivity index (χ1v) is 5.29. The minimum absolute atomic E-state index is 0.572. The molecule has 0 aromatic heterocycles. The third-order valence-electron chi connectivity index (χ3n) is 2.31.